The number of amides is 2. The number of hydrogen-bond donors (Lipinski definition) is 4. The van der Waals surface area contributed by atoms with E-state index in [0.717, 1.165) is 36.2 Å². The van der Waals surface area contributed by atoms with Gasteiger partial charge in [-0.25, -0.2) is 9.48 Å². The molecule has 0 saturated carbocycles. The minimum absolute atomic E-state index is 0.00840. The lowest BCUT2D eigenvalue weighted by molar-refractivity contribution is 0.244. The molecule has 5 N–H and O–H groups in total. The van der Waals surface area contributed by atoms with Crippen molar-refractivity contribution < 1.29 is 4.79 Å². The highest BCUT2D eigenvalue weighted by Crippen LogP contribution is 2.34. The first kappa shape index (κ1) is 20.3. The van der Waals surface area contributed by atoms with Crippen molar-refractivity contribution in [2.75, 3.05) is 17.6 Å². The van der Waals surface area contributed by atoms with Crippen LogP contribution in [-0.4, -0.2) is 26.9 Å². The lowest BCUT2D eigenvalue weighted by atomic mass is 10.0. The first-order chi connectivity index (χ1) is 15.0. The zero-order valence-corrected chi connectivity index (χ0v) is 17.3. The predicted molar refractivity (Wildman–Crippen MR) is 121 cm³/mol. The van der Waals surface area contributed by atoms with Gasteiger partial charge in [0.25, 0.3) is 5.56 Å². The highest BCUT2D eigenvalue weighted by atomic mass is 16.2. The minimum atomic E-state index is -0.366. The van der Waals surface area contributed by atoms with Crippen molar-refractivity contribution in [1.82, 2.24) is 25.0 Å². The summed E-state index contributed by atoms with van der Waals surface area (Å²) in [5.41, 5.74) is 10.7. The van der Waals surface area contributed by atoms with Gasteiger partial charge < -0.3 is 20.9 Å². The molecule has 1 aliphatic rings. The summed E-state index contributed by atoms with van der Waals surface area (Å²) in [6.07, 6.45) is 5.32. The summed E-state index contributed by atoms with van der Waals surface area (Å²) in [5.74, 6) is 0.273. The minimum Gasteiger partial charge on any atom is -0.397 e. The molecule has 0 unspecified atom stereocenters. The Hall–Kier alpha value is -4.01. The van der Waals surface area contributed by atoms with E-state index in [0.29, 0.717) is 23.6 Å². The van der Waals surface area contributed by atoms with Crippen LogP contribution in [0.4, 0.5) is 16.2 Å². The third-order valence-electron chi connectivity index (χ3n) is 5.14. The van der Waals surface area contributed by atoms with Crippen LogP contribution in [0.1, 0.15) is 19.0 Å². The number of urea groups is 1. The highest BCUT2D eigenvalue weighted by Gasteiger charge is 2.17. The lowest BCUT2D eigenvalue weighted by Crippen LogP contribution is -2.36. The molecule has 0 atom stereocenters. The average molecular weight is 419 g/mol. The number of aromatic nitrogens is 3. The van der Waals surface area contributed by atoms with Crippen molar-refractivity contribution in [3.8, 4) is 16.8 Å². The van der Waals surface area contributed by atoms with E-state index in [2.05, 4.69) is 27.6 Å². The summed E-state index contributed by atoms with van der Waals surface area (Å²) in [6.45, 7) is 6.94. The van der Waals surface area contributed by atoms with Gasteiger partial charge in [0.05, 0.1) is 17.1 Å². The van der Waals surface area contributed by atoms with Crippen LogP contribution in [0, 0.1) is 0 Å². The van der Waals surface area contributed by atoms with E-state index in [4.69, 9.17) is 5.73 Å². The summed E-state index contributed by atoms with van der Waals surface area (Å²) >= 11 is 0. The molecule has 0 fully saturated rings. The number of carbonyl (C=O) groups is 1. The van der Waals surface area contributed by atoms with Crippen LogP contribution in [0.25, 0.3) is 16.8 Å². The van der Waals surface area contributed by atoms with Crippen molar-refractivity contribution in [3.63, 3.8) is 0 Å². The second-order valence-corrected chi connectivity index (χ2v) is 7.33. The number of rotatable bonds is 6. The van der Waals surface area contributed by atoms with Gasteiger partial charge in [-0.2, -0.15) is 5.10 Å². The number of aryl methyl sites for hydroxylation is 1. The number of hydrogen-bond acceptors (Lipinski definition) is 5. The zero-order valence-electron chi connectivity index (χ0n) is 17.3. The fourth-order valence-corrected chi connectivity index (χ4v) is 3.76. The number of benzene rings is 1. The van der Waals surface area contributed by atoms with E-state index in [9.17, 15) is 9.59 Å². The topological polar surface area (TPSA) is 119 Å². The van der Waals surface area contributed by atoms with E-state index < -0.39 is 0 Å². The molecule has 9 heteroatoms. The number of nitrogen functional groups attached to an aromatic ring is 1. The summed E-state index contributed by atoms with van der Waals surface area (Å²) in [6, 6.07) is 8.82. The van der Waals surface area contributed by atoms with Crippen molar-refractivity contribution >= 4 is 17.4 Å². The Morgan fingerprint density at radius 2 is 2.06 bits per heavy atom. The smallest absolute Gasteiger partial charge is 0.320 e. The van der Waals surface area contributed by atoms with Crippen LogP contribution in [0.3, 0.4) is 0 Å². The van der Waals surface area contributed by atoms with Crippen LogP contribution < -0.4 is 27.2 Å². The lowest BCUT2D eigenvalue weighted by Gasteiger charge is -2.19. The molecular formula is C22H25N7O2. The van der Waals surface area contributed by atoms with Crippen molar-refractivity contribution in [2.24, 2.45) is 0 Å². The molecule has 1 aliphatic heterocycles. The molecule has 3 aromatic rings. The maximum Gasteiger partial charge on any atom is 0.320 e. The molecule has 2 amide bonds. The Morgan fingerprint density at radius 3 is 2.81 bits per heavy atom. The van der Waals surface area contributed by atoms with Gasteiger partial charge in [0.1, 0.15) is 5.82 Å². The zero-order chi connectivity index (χ0) is 22.0. The standard InChI is InChI=1S/C22H25N7O2/c1-3-24-22(31)27-14(2)26-21-18(23)11-16(12-19(21)29-9-5-7-25-29)15-10-17-6-4-8-28(17)20(30)13-15/h5,7,9-13,26H,2-4,6,8,23H2,1H3,(H2,24,27,31). The molecule has 0 spiro atoms. The molecule has 9 nitrogen and oxygen atoms in total. The molecule has 2 aromatic heterocycles. The Balaban J connectivity index is 1.74. The maximum absolute atomic E-state index is 12.5. The fraction of sp³-hybridized carbons (Fsp3) is 0.227. The second-order valence-electron chi connectivity index (χ2n) is 7.33. The number of anilines is 2. The molecule has 31 heavy (non-hydrogen) atoms. The third-order valence-corrected chi connectivity index (χ3v) is 5.14. The largest absolute Gasteiger partial charge is 0.397 e. The van der Waals surface area contributed by atoms with Crippen LogP contribution >= 0.6 is 0 Å². The van der Waals surface area contributed by atoms with Gasteiger partial charge in [0.15, 0.2) is 0 Å². The Labute approximate surface area is 179 Å². The van der Waals surface area contributed by atoms with Crippen molar-refractivity contribution in [1.29, 1.82) is 0 Å². The molecule has 4 rings (SSSR count). The summed E-state index contributed by atoms with van der Waals surface area (Å²) in [4.78, 5) is 24.3. The summed E-state index contributed by atoms with van der Waals surface area (Å²) in [7, 11) is 0. The molecule has 0 aliphatic carbocycles. The van der Waals surface area contributed by atoms with E-state index in [1.807, 2.05) is 23.6 Å². The monoisotopic (exact) mass is 419 g/mol. The quantitative estimate of drug-likeness (QED) is 0.458. The molecule has 0 radical (unpaired) electrons. The van der Waals surface area contributed by atoms with Gasteiger partial charge in [-0.3, -0.25) is 10.1 Å². The number of fused-ring (bicyclic) bond motifs is 1. The van der Waals surface area contributed by atoms with E-state index in [1.54, 1.807) is 35.3 Å². The fourth-order valence-electron chi connectivity index (χ4n) is 3.76. The van der Waals surface area contributed by atoms with E-state index >= 15 is 0 Å². The first-order valence-corrected chi connectivity index (χ1v) is 10.1. The van der Waals surface area contributed by atoms with Gasteiger partial charge in [-0.1, -0.05) is 6.58 Å². The number of nitrogens with zero attached hydrogens (tertiary/aromatic N) is 3. The number of nitrogens with two attached hydrogens (primary N) is 1. The molecule has 0 saturated heterocycles. The Morgan fingerprint density at radius 1 is 1.26 bits per heavy atom. The van der Waals surface area contributed by atoms with Crippen molar-refractivity contribution in [2.45, 2.75) is 26.3 Å². The number of nitrogens with one attached hydrogen (secondary N) is 3. The van der Waals surface area contributed by atoms with Crippen molar-refractivity contribution in [3.05, 3.63) is 71.2 Å². The summed E-state index contributed by atoms with van der Waals surface area (Å²) in [5, 5.41) is 12.7. The first-order valence-electron chi connectivity index (χ1n) is 10.1. The van der Waals surface area contributed by atoms with Crippen LogP contribution in [0.15, 0.2) is 59.9 Å². The normalized spacial score (nSPS) is 12.3. The molecule has 1 aromatic carbocycles. The third kappa shape index (κ3) is 4.16. The van der Waals surface area contributed by atoms with Gasteiger partial charge >= 0.3 is 6.03 Å². The van der Waals surface area contributed by atoms with Crippen LogP contribution in [0.5, 0.6) is 0 Å². The van der Waals surface area contributed by atoms with Gasteiger partial charge in [-0.15, -0.1) is 0 Å². The maximum atomic E-state index is 12.5. The highest BCUT2D eigenvalue weighted by molar-refractivity contribution is 5.85. The van der Waals surface area contributed by atoms with Gasteiger partial charge in [0.2, 0.25) is 0 Å². The van der Waals surface area contributed by atoms with E-state index in [-0.39, 0.29) is 17.4 Å². The average Bonchev–Trinajstić information content (AvgIpc) is 3.41. The van der Waals surface area contributed by atoms with Gasteiger partial charge in [-0.05, 0) is 55.2 Å². The van der Waals surface area contributed by atoms with Crippen LogP contribution in [-0.2, 0) is 13.0 Å². The SMILES string of the molecule is C=C(NC(=O)NCC)Nc1c(N)cc(-c2cc3n(c(=O)c2)CCC3)cc1-n1cccn1. The van der Waals surface area contributed by atoms with Crippen LogP contribution in [0.2, 0.25) is 0 Å². The Bertz CT molecular complexity index is 1200. The molecule has 3 heterocycles. The number of pyridine rings is 1. The van der Waals surface area contributed by atoms with Gasteiger partial charge in [0, 0.05) is 37.2 Å². The predicted octanol–water partition coefficient (Wildman–Crippen LogP) is 2.43. The molecule has 160 valence electrons. The summed E-state index contributed by atoms with van der Waals surface area (Å²) < 4.78 is 3.48. The van der Waals surface area contributed by atoms with E-state index in [1.165, 1.54) is 0 Å². The Kier molecular flexibility index (Phi) is 5.48. The molecule has 0 bridgehead atoms. The molecular weight excluding hydrogens is 394 g/mol. The number of carbonyl (C=O) groups excluding carboxylic acids is 1. The second kappa shape index (κ2) is 8.39.